The van der Waals surface area contributed by atoms with Gasteiger partial charge in [0.25, 0.3) is 11.5 Å². The molecule has 7 heteroatoms. The number of carbonyl (C=O) groups is 1. The minimum atomic E-state index is -0.597. The molecule has 0 spiro atoms. The van der Waals surface area contributed by atoms with Crippen molar-refractivity contribution in [3.8, 4) is 5.88 Å². The van der Waals surface area contributed by atoms with Crippen molar-refractivity contribution >= 4 is 11.6 Å². The smallest absolute Gasteiger partial charge is 0.274 e. The summed E-state index contributed by atoms with van der Waals surface area (Å²) >= 11 is 0. The molecular formula is C17H24N4O3. The molecule has 2 aromatic rings. The number of aryl methyl sites for hydroxylation is 1. The van der Waals surface area contributed by atoms with Gasteiger partial charge in [-0.3, -0.25) is 14.0 Å². The first-order valence-corrected chi connectivity index (χ1v) is 8.21. The standard InChI is InChI=1S/C17H24N4O3/c1-4-20(5-2)10-7-9-18-15(22)13-16(23)19-14-12(3)8-6-11-21(14)17(13)24/h6,8,11,23H,4-5,7,9-10H2,1-3H3,(H,18,22). The van der Waals surface area contributed by atoms with Crippen LogP contribution < -0.4 is 10.9 Å². The van der Waals surface area contributed by atoms with E-state index in [0.717, 1.165) is 31.6 Å². The van der Waals surface area contributed by atoms with E-state index in [0.29, 0.717) is 12.2 Å². The number of pyridine rings is 1. The van der Waals surface area contributed by atoms with E-state index in [1.54, 1.807) is 19.1 Å². The van der Waals surface area contributed by atoms with Gasteiger partial charge < -0.3 is 15.3 Å². The number of nitrogens with one attached hydrogen (secondary N) is 1. The summed E-state index contributed by atoms with van der Waals surface area (Å²) in [5.41, 5.74) is 0.206. The fourth-order valence-electron chi connectivity index (χ4n) is 2.62. The summed E-state index contributed by atoms with van der Waals surface area (Å²) in [6, 6.07) is 3.49. The first kappa shape index (κ1) is 17.9. The van der Waals surface area contributed by atoms with E-state index in [9.17, 15) is 14.7 Å². The Balaban J connectivity index is 2.14. The molecule has 0 bridgehead atoms. The number of carbonyl (C=O) groups excluding carboxylic acids is 1. The first-order valence-electron chi connectivity index (χ1n) is 8.21. The minimum Gasteiger partial charge on any atom is -0.493 e. The Morgan fingerprint density at radius 1 is 1.38 bits per heavy atom. The van der Waals surface area contributed by atoms with Gasteiger partial charge in [-0.05, 0) is 44.6 Å². The highest BCUT2D eigenvalue weighted by Gasteiger charge is 2.19. The lowest BCUT2D eigenvalue weighted by molar-refractivity contribution is 0.0946. The highest BCUT2D eigenvalue weighted by atomic mass is 16.3. The summed E-state index contributed by atoms with van der Waals surface area (Å²) in [6.45, 7) is 9.18. The molecule has 2 heterocycles. The van der Waals surface area contributed by atoms with Crippen LogP contribution in [0.2, 0.25) is 0 Å². The van der Waals surface area contributed by atoms with Crippen LogP contribution in [-0.2, 0) is 0 Å². The fourth-order valence-corrected chi connectivity index (χ4v) is 2.62. The minimum absolute atomic E-state index is 0.319. The van der Waals surface area contributed by atoms with Gasteiger partial charge in [-0.1, -0.05) is 19.9 Å². The maximum Gasteiger partial charge on any atom is 0.274 e. The normalized spacial score (nSPS) is 11.2. The highest BCUT2D eigenvalue weighted by Crippen LogP contribution is 2.13. The molecule has 0 atom stereocenters. The van der Waals surface area contributed by atoms with Crippen molar-refractivity contribution in [3.05, 3.63) is 39.8 Å². The molecule has 2 aromatic heterocycles. The van der Waals surface area contributed by atoms with Crippen molar-refractivity contribution < 1.29 is 9.90 Å². The molecule has 7 nitrogen and oxygen atoms in total. The Labute approximate surface area is 140 Å². The average Bonchev–Trinajstić information content (AvgIpc) is 2.56. The van der Waals surface area contributed by atoms with Gasteiger partial charge in [0.2, 0.25) is 5.88 Å². The van der Waals surface area contributed by atoms with Crippen LogP contribution in [0.15, 0.2) is 23.1 Å². The number of nitrogens with zero attached hydrogens (tertiary/aromatic N) is 3. The van der Waals surface area contributed by atoms with Gasteiger partial charge in [-0.15, -0.1) is 0 Å². The number of aromatic nitrogens is 2. The molecule has 0 aliphatic rings. The van der Waals surface area contributed by atoms with Gasteiger partial charge >= 0.3 is 0 Å². The SMILES string of the molecule is CCN(CC)CCCNC(=O)c1c(O)nc2c(C)cccn2c1=O. The van der Waals surface area contributed by atoms with Crippen LogP contribution in [0.3, 0.4) is 0 Å². The number of rotatable bonds is 7. The molecule has 1 amide bonds. The molecular weight excluding hydrogens is 308 g/mol. The Hall–Kier alpha value is -2.41. The Bertz CT molecular complexity index is 781. The van der Waals surface area contributed by atoms with Gasteiger partial charge in [0.05, 0.1) is 0 Å². The van der Waals surface area contributed by atoms with Crippen molar-refractivity contribution in [3.63, 3.8) is 0 Å². The van der Waals surface area contributed by atoms with Gasteiger partial charge in [0.15, 0.2) is 5.56 Å². The van der Waals surface area contributed by atoms with E-state index in [1.165, 1.54) is 10.6 Å². The molecule has 2 rings (SSSR count). The van der Waals surface area contributed by atoms with Crippen molar-refractivity contribution in [2.45, 2.75) is 27.2 Å². The zero-order valence-electron chi connectivity index (χ0n) is 14.4. The Kier molecular flexibility index (Phi) is 5.92. The summed E-state index contributed by atoms with van der Waals surface area (Å²) in [7, 11) is 0. The van der Waals surface area contributed by atoms with E-state index >= 15 is 0 Å². The topological polar surface area (TPSA) is 86.9 Å². The van der Waals surface area contributed by atoms with E-state index < -0.39 is 17.3 Å². The van der Waals surface area contributed by atoms with Gasteiger partial charge in [0, 0.05) is 12.7 Å². The van der Waals surface area contributed by atoms with Gasteiger partial charge in [-0.25, -0.2) is 0 Å². The summed E-state index contributed by atoms with van der Waals surface area (Å²) in [4.78, 5) is 31.0. The predicted octanol–water partition coefficient (Wildman–Crippen LogP) is 1.17. The molecule has 0 unspecified atom stereocenters. The number of fused-ring (bicyclic) bond motifs is 1. The van der Waals surface area contributed by atoms with E-state index in [-0.39, 0.29) is 5.56 Å². The molecule has 0 aromatic carbocycles. The van der Waals surface area contributed by atoms with E-state index in [4.69, 9.17) is 0 Å². The maximum atomic E-state index is 12.5. The third-order valence-electron chi connectivity index (χ3n) is 4.09. The molecule has 2 N–H and O–H groups in total. The summed E-state index contributed by atoms with van der Waals surface area (Å²) in [5, 5.41) is 12.7. The average molecular weight is 332 g/mol. The molecule has 0 saturated carbocycles. The third-order valence-corrected chi connectivity index (χ3v) is 4.09. The van der Waals surface area contributed by atoms with Gasteiger partial charge in [-0.2, -0.15) is 4.98 Å². The Morgan fingerprint density at radius 2 is 2.08 bits per heavy atom. The molecule has 0 aliphatic heterocycles. The predicted molar refractivity (Wildman–Crippen MR) is 92.6 cm³/mol. The Morgan fingerprint density at radius 3 is 2.75 bits per heavy atom. The number of hydrogen-bond acceptors (Lipinski definition) is 5. The van der Waals surface area contributed by atoms with Crippen LogP contribution in [0.25, 0.3) is 5.65 Å². The summed E-state index contributed by atoms with van der Waals surface area (Å²) in [5.74, 6) is -1.13. The number of hydrogen-bond donors (Lipinski definition) is 2. The zero-order valence-corrected chi connectivity index (χ0v) is 14.4. The monoisotopic (exact) mass is 332 g/mol. The molecule has 130 valence electrons. The number of aromatic hydroxyl groups is 1. The number of amides is 1. The van der Waals surface area contributed by atoms with Crippen LogP contribution >= 0.6 is 0 Å². The van der Waals surface area contributed by atoms with Crippen LogP contribution in [0.5, 0.6) is 5.88 Å². The van der Waals surface area contributed by atoms with Crippen LogP contribution in [0.1, 0.15) is 36.2 Å². The summed E-state index contributed by atoms with van der Waals surface area (Å²) < 4.78 is 1.28. The maximum absolute atomic E-state index is 12.5. The third kappa shape index (κ3) is 3.73. The van der Waals surface area contributed by atoms with Crippen molar-refractivity contribution in [2.75, 3.05) is 26.2 Å². The van der Waals surface area contributed by atoms with E-state index in [1.807, 2.05) is 0 Å². The lowest BCUT2D eigenvalue weighted by Crippen LogP contribution is -2.34. The van der Waals surface area contributed by atoms with Crippen molar-refractivity contribution in [1.29, 1.82) is 0 Å². The quantitative estimate of drug-likeness (QED) is 0.743. The van der Waals surface area contributed by atoms with Gasteiger partial charge in [0.1, 0.15) is 5.65 Å². The van der Waals surface area contributed by atoms with Crippen LogP contribution in [-0.4, -0.2) is 51.5 Å². The second-order valence-corrected chi connectivity index (χ2v) is 5.64. The van der Waals surface area contributed by atoms with Crippen molar-refractivity contribution in [2.24, 2.45) is 0 Å². The first-order chi connectivity index (χ1) is 11.5. The fraction of sp³-hybridized carbons (Fsp3) is 0.471. The second kappa shape index (κ2) is 7.92. The molecule has 0 fully saturated rings. The molecule has 0 radical (unpaired) electrons. The lowest BCUT2D eigenvalue weighted by Gasteiger charge is -2.17. The largest absolute Gasteiger partial charge is 0.493 e. The van der Waals surface area contributed by atoms with Crippen LogP contribution in [0.4, 0.5) is 0 Å². The second-order valence-electron chi connectivity index (χ2n) is 5.64. The summed E-state index contributed by atoms with van der Waals surface area (Å²) in [6.07, 6.45) is 2.31. The zero-order chi connectivity index (χ0) is 17.7. The van der Waals surface area contributed by atoms with Crippen LogP contribution in [0, 0.1) is 6.92 Å². The molecule has 0 aliphatic carbocycles. The highest BCUT2D eigenvalue weighted by molar-refractivity contribution is 5.96. The van der Waals surface area contributed by atoms with E-state index in [2.05, 4.69) is 29.0 Å². The lowest BCUT2D eigenvalue weighted by atomic mass is 10.2. The molecule has 0 saturated heterocycles. The molecule has 24 heavy (non-hydrogen) atoms. The van der Waals surface area contributed by atoms with Crippen molar-refractivity contribution in [1.82, 2.24) is 19.6 Å².